The largest absolute Gasteiger partial charge is 0.364 e. The van der Waals surface area contributed by atoms with Gasteiger partial charge in [-0.05, 0) is 19.8 Å². The molecule has 8 heteroatoms. The molecule has 0 radical (unpaired) electrons. The molecule has 2 rings (SSSR count). The minimum atomic E-state index is -0.638. The first-order valence-electron chi connectivity index (χ1n) is 8.50. The molecule has 1 aromatic heterocycles. The van der Waals surface area contributed by atoms with Crippen molar-refractivity contribution in [3.05, 3.63) is 30.2 Å². The van der Waals surface area contributed by atoms with E-state index in [9.17, 15) is 14.4 Å². The Bertz CT molecular complexity index is 627. The van der Waals surface area contributed by atoms with Crippen molar-refractivity contribution in [1.82, 2.24) is 20.7 Å². The Hall–Kier alpha value is -2.64. The number of amides is 3. The van der Waals surface area contributed by atoms with Crippen molar-refractivity contribution in [3.8, 4) is 0 Å². The van der Waals surface area contributed by atoms with Gasteiger partial charge in [0.2, 0.25) is 11.8 Å². The predicted molar refractivity (Wildman–Crippen MR) is 90.6 cm³/mol. The Morgan fingerprint density at radius 1 is 1.36 bits per heavy atom. The minimum Gasteiger partial charge on any atom is -0.364 e. The number of aromatic nitrogens is 1. The van der Waals surface area contributed by atoms with Crippen LogP contribution in [0.25, 0.3) is 0 Å². The monoisotopic (exact) mass is 348 g/mol. The Morgan fingerprint density at radius 3 is 2.80 bits per heavy atom. The second-order valence-electron chi connectivity index (χ2n) is 5.84. The van der Waals surface area contributed by atoms with Crippen LogP contribution in [0.15, 0.2) is 29.0 Å². The first-order valence-corrected chi connectivity index (χ1v) is 8.50. The molecule has 1 fully saturated rings. The van der Waals surface area contributed by atoms with Gasteiger partial charge in [0.1, 0.15) is 12.3 Å². The summed E-state index contributed by atoms with van der Waals surface area (Å²) in [6.45, 7) is 4.54. The molecule has 2 heterocycles. The number of rotatable bonds is 7. The van der Waals surface area contributed by atoms with Crippen molar-refractivity contribution in [1.29, 1.82) is 0 Å². The van der Waals surface area contributed by atoms with Gasteiger partial charge in [-0.1, -0.05) is 24.2 Å². The molecule has 2 N–H and O–H groups in total. The highest BCUT2D eigenvalue weighted by Crippen LogP contribution is 2.21. The first-order chi connectivity index (χ1) is 12.1. The third kappa shape index (κ3) is 4.91. The molecule has 1 saturated heterocycles. The number of carbonyl (C=O) groups excluding carboxylic acids is 3. The number of allylic oxidation sites excluding steroid dienone is 1. The molecule has 136 valence electrons. The fraction of sp³-hybridized carbons (Fsp3) is 0.529. The Morgan fingerprint density at radius 2 is 2.16 bits per heavy atom. The maximum absolute atomic E-state index is 12.6. The molecule has 8 nitrogen and oxygen atoms in total. The van der Waals surface area contributed by atoms with Gasteiger partial charge in [0, 0.05) is 31.6 Å². The lowest BCUT2D eigenvalue weighted by Gasteiger charge is -2.22. The number of likely N-dealkylation sites (N-methyl/N-ethyl adjacent to an activating group) is 1. The van der Waals surface area contributed by atoms with Gasteiger partial charge in [-0.3, -0.25) is 14.4 Å². The summed E-state index contributed by atoms with van der Waals surface area (Å²) in [5, 5.41) is 9.26. The van der Waals surface area contributed by atoms with Gasteiger partial charge in [0.05, 0.1) is 0 Å². The van der Waals surface area contributed by atoms with Crippen LogP contribution in [-0.4, -0.2) is 53.0 Å². The standard InChI is InChI=1S/C17H24N4O4/c1-3-5-6-7-15(22)19-12-10-14(16(23)18-4-2)21(11-12)17(24)13-8-9-25-20-13/h5-6,8-9,12,14H,3-4,7,10-11H2,1-2H3,(H,18,23)(H,19,22)/b6-5+/t12-,14-/m0/s1. The Labute approximate surface area is 146 Å². The molecular formula is C17H24N4O4. The molecule has 0 saturated carbocycles. The number of nitrogens with zero attached hydrogens (tertiary/aromatic N) is 2. The highest BCUT2D eigenvalue weighted by Gasteiger charge is 2.40. The van der Waals surface area contributed by atoms with Crippen molar-refractivity contribution < 1.29 is 18.9 Å². The molecular weight excluding hydrogens is 324 g/mol. The quantitative estimate of drug-likeness (QED) is 0.711. The topological polar surface area (TPSA) is 105 Å². The molecule has 0 bridgehead atoms. The van der Waals surface area contributed by atoms with Crippen molar-refractivity contribution in [2.75, 3.05) is 13.1 Å². The maximum atomic E-state index is 12.6. The Kier molecular flexibility index (Phi) is 6.73. The Balaban J connectivity index is 2.05. The van der Waals surface area contributed by atoms with Gasteiger partial charge in [-0.15, -0.1) is 0 Å². The van der Waals surface area contributed by atoms with Gasteiger partial charge >= 0.3 is 0 Å². The van der Waals surface area contributed by atoms with Crippen LogP contribution >= 0.6 is 0 Å². The molecule has 1 aromatic rings. The average molecular weight is 348 g/mol. The summed E-state index contributed by atoms with van der Waals surface area (Å²) in [4.78, 5) is 38.3. The van der Waals surface area contributed by atoms with Crippen LogP contribution in [0.5, 0.6) is 0 Å². The molecule has 0 spiro atoms. The molecule has 1 aliphatic rings. The number of hydrogen-bond donors (Lipinski definition) is 2. The molecule has 25 heavy (non-hydrogen) atoms. The van der Waals surface area contributed by atoms with Gasteiger partial charge in [0.15, 0.2) is 5.69 Å². The van der Waals surface area contributed by atoms with Crippen LogP contribution < -0.4 is 10.6 Å². The SMILES string of the molecule is CC/C=C/CC(=O)N[C@H]1C[C@@H](C(=O)NCC)N(C(=O)c2ccon2)C1. The van der Waals surface area contributed by atoms with Gasteiger partial charge in [-0.2, -0.15) is 0 Å². The number of hydrogen-bond acceptors (Lipinski definition) is 5. The highest BCUT2D eigenvalue weighted by atomic mass is 16.5. The molecule has 0 unspecified atom stereocenters. The summed E-state index contributed by atoms with van der Waals surface area (Å²) in [5.41, 5.74) is 0.146. The van der Waals surface area contributed by atoms with Crippen LogP contribution in [0.1, 0.15) is 43.6 Å². The lowest BCUT2D eigenvalue weighted by molar-refractivity contribution is -0.125. The third-order valence-electron chi connectivity index (χ3n) is 3.94. The fourth-order valence-electron chi connectivity index (χ4n) is 2.82. The molecule has 1 aliphatic heterocycles. The molecule has 2 atom stereocenters. The van der Waals surface area contributed by atoms with E-state index in [1.807, 2.05) is 26.0 Å². The fourth-order valence-corrected chi connectivity index (χ4v) is 2.82. The lowest BCUT2D eigenvalue weighted by Crippen LogP contribution is -2.46. The predicted octanol–water partition coefficient (Wildman–Crippen LogP) is 0.866. The third-order valence-corrected chi connectivity index (χ3v) is 3.94. The van der Waals surface area contributed by atoms with Crippen LogP contribution in [0.4, 0.5) is 0 Å². The van der Waals surface area contributed by atoms with Crippen LogP contribution in [0.3, 0.4) is 0 Å². The van der Waals surface area contributed by atoms with E-state index in [-0.39, 0.29) is 42.4 Å². The molecule has 0 aromatic carbocycles. The van der Waals surface area contributed by atoms with Crippen molar-refractivity contribution >= 4 is 17.7 Å². The summed E-state index contributed by atoms with van der Waals surface area (Å²) in [6, 6.07) is 0.546. The van der Waals surface area contributed by atoms with E-state index in [4.69, 9.17) is 4.52 Å². The second kappa shape index (κ2) is 9.00. The smallest absolute Gasteiger partial charge is 0.276 e. The van der Waals surface area contributed by atoms with E-state index in [0.29, 0.717) is 13.0 Å². The first kappa shape index (κ1) is 18.7. The van der Waals surface area contributed by atoms with Crippen molar-refractivity contribution in [3.63, 3.8) is 0 Å². The number of likely N-dealkylation sites (tertiary alicyclic amines) is 1. The number of carbonyl (C=O) groups is 3. The van der Waals surface area contributed by atoms with Gasteiger partial charge < -0.3 is 20.1 Å². The van der Waals surface area contributed by atoms with E-state index in [2.05, 4.69) is 15.8 Å². The summed E-state index contributed by atoms with van der Waals surface area (Å²) < 4.78 is 4.71. The summed E-state index contributed by atoms with van der Waals surface area (Å²) >= 11 is 0. The maximum Gasteiger partial charge on any atom is 0.276 e. The lowest BCUT2D eigenvalue weighted by atomic mass is 10.1. The van der Waals surface area contributed by atoms with Crippen LogP contribution in [0.2, 0.25) is 0 Å². The van der Waals surface area contributed by atoms with Gasteiger partial charge in [-0.25, -0.2) is 0 Å². The van der Waals surface area contributed by atoms with E-state index in [1.54, 1.807) is 0 Å². The van der Waals surface area contributed by atoms with Crippen LogP contribution in [0, 0.1) is 0 Å². The zero-order valence-electron chi connectivity index (χ0n) is 14.5. The van der Waals surface area contributed by atoms with E-state index >= 15 is 0 Å². The summed E-state index contributed by atoms with van der Waals surface area (Å²) in [5.74, 6) is -0.741. The average Bonchev–Trinajstić information content (AvgIpc) is 3.24. The van der Waals surface area contributed by atoms with Crippen molar-refractivity contribution in [2.45, 2.75) is 45.2 Å². The van der Waals surface area contributed by atoms with Crippen LogP contribution in [-0.2, 0) is 9.59 Å². The van der Waals surface area contributed by atoms with E-state index < -0.39 is 6.04 Å². The van der Waals surface area contributed by atoms with E-state index in [0.717, 1.165) is 6.42 Å². The van der Waals surface area contributed by atoms with E-state index in [1.165, 1.54) is 17.2 Å². The van der Waals surface area contributed by atoms with Gasteiger partial charge in [0.25, 0.3) is 5.91 Å². The van der Waals surface area contributed by atoms with Crippen molar-refractivity contribution in [2.24, 2.45) is 0 Å². The second-order valence-corrected chi connectivity index (χ2v) is 5.84. The summed E-state index contributed by atoms with van der Waals surface area (Å²) in [6.07, 6.45) is 6.57. The normalized spacial score (nSPS) is 20.0. The zero-order chi connectivity index (χ0) is 18.2. The summed E-state index contributed by atoms with van der Waals surface area (Å²) in [7, 11) is 0. The molecule has 3 amide bonds. The molecule has 0 aliphatic carbocycles. The highest BCUT2D eigenvalue weighted by molar-refractivity contribution is 5.96. The minimum absolute atomic E-state index is 0.125. The zero-order valence-corrected chi connectivity index (χ0v) is 14.5. The number of nitrogens with one attached hydrogen (secondary N) is 2.